The average Bonchev–Trinajstić information content (AvgIpc) is 3.01. The zero-order chi connectivity index (χ0) is 17.8. The number of amides is 2. The van der Waals surface area contributed by atoms with Crippen molar-refractivity contribution in [1.29, 1.82) is 0 Å². The van der Waals surface area contributed by atoms with E-state index in [0.717, 1.165) is 6.42 Å². The fourth-order valence-corrected chi connectivity index (χ4v) is 3.70. The van der Waals surface area contributed by atoms with Gasteiger partial charge in [0.25, 0.3) is 0 Å². The summed E-state index contributed by atoms with van der Waals surface area (Å²) in [6.07, 6.45) is 2.34. The van der Waals surface area contributed by atoms with Gasteiger partial charge < -0.3 is 14.9 Å². The lowest BCUT2D eigenvalue weighted by Crippen LogP contribution is -2.45. The summed E-state index contributed by atoms with van der Waals surface area (Å²) in [5.74, 6) is -1.72. The van der Waals surface area contributed by atoms with E-state index in [-0.39, 0.29) is 30.7 Å². The number of carbonyl (C=O) groups excluding carboxylic acids is 2. The maximum absolute atomic E-state index is 12.7. The third-order valence-corrected chi connectivity index (χ3v) is 5.16. The number of benzene rings is 1. The van der Waals surface area contributed by atoms with E-state index in [1.54, 1.807) is 9.80 Å². The lowest BCUT2D eigenvalue weighted by Gasteiger charge is -2.32. The second-order valence-electron chi connectivity index (χ2n) is 6.94. The summed E-state index contributed by atoms with van der Waals surface area (Å²) < 4.78 is 0. The summed E-state index contributed by atoms with van der Waals surface area (Å²) in [5, 5.41) is 9.17. The molecule has 2 aliphatic rings. The molecule has 6 nitrogen and oxygen atoms in total. The van der Waals surface area contributed by atoms with Crippen LogP contribution >= 0.6 is 0 Å². The van der Waals surface area contributed by atoms with Crippen LogP contribution in [0.3, 0.4) is 0 Å². The number of carbonyl (C=O) groups is 3. The number of likely N-dealkylation sites (tertiary alicyclic amines) is 2. The molecule has 0 aromatic heterocycles. The van der Waals surface area contributed by atoms with Crippen LogP contribution in [-0.2, 0) is 20.8 Å². The number of hydrogen-bond donors (Lipinski definition) is 1. The molecule has 0 saturated carbocycles. The van der Waals surface area contributed by atoms with Crippen LogP contribution in [0.25, 0.3) is 0 Å². The summed E-state index contributed by atoms with van der Waals surface area (Å²) in [6, 6.07) is 9.97. The summed E-state index contributed by atoms with van der Waals surface area (Å²) in [5.41, 5.74) is 1.17. The first-order valence-electron chi connectivity index (χ1n) is 8.88. The van der Waals surface area contributed by atoms with Crippen LogP contribution in [0, 0.1) is 11.8 Å². The fourth-order valence-electron chi connectivity index (χ4n) is 3.70. The smallest absolute Gasteiger partial charge is 0.308 e. The largest absolute Gasteiger partial charge is 0.481 e. The molecule has 2 aliphatic heterocycles. The van der Waals surface area contributed by atoms with Crippen molar-refractivity contribution in [3.05, 3.63) is 35.9 Å². The standard InChI is InChI=1S/C19H24N2O4/c22-17-11-16(13-20(17)10-8-14-5-2-1-3-6-14)18(23)21-9-4-7-15(12-21)19(24)25/h1-3,5-6,15-16H,4,7-13H2,(H,24,25)/t15-,16+/m1/s1. The first-order chi connectivity index (χ1) is 12.0. The highest BCUT2D eigenvalue weighted by Crippen LogP contribution is 2.24. The second kappa shape index (κ2) is 7.68. The minimum absolute atomic E-state index is 0.0149. The molecule has 134 valence electrons. The van der Waals surface area contributed by atoms with Crippen molar-refractivity contribution in [2.45, 2.75) is 25.7 Å². The van der Waals surface area contributed by atoms with E-state index in [0.29, 0.717) is 32.5 Å². The molecule has 1 N–H and O–H groups in total. The molecule has 2 saturated heterocycles. The monoisotopic (exact) mass is 344 g/mol. The Bertz CT molecular complexity index is 646. The van der Waals surface area contributed by atoms with E-state index in [4.69, 9.17) is 5.11 Å². The van der Waals surface area contributed by atoms with Crippen molar-refractivity contribution in [1.82, 2.24) is 9.80 Å². The van der Waals surface area contributed by atoms with Gasteiger partial charge >= 0.3 is 5.97 Å². The highest BCUT2D eigenvalue weighted by Gasteiger charge is 2.38. The normalized spacial score (nSPS) is 23.8. The Labute approximate surface area is 147 Å². The Hall–Kier alpha value is -2.37. The van der Waals surface area contributed by atoms with Crippen LogP contribution in [-0.4, -0.2) is 58.9 Å². The summed E-state index contributed by atoms with van der Waals surface area (Å²) >= 11 is 0. The topological polar surface area (TPSA) is 77.9 Å². The molecule has 0 radical (unpaired) electrons. The van der Waals surface area contributed by atoms with Gasteiger partial charge in [-0.15, -0.1) is 0 Å². The van der Waals surface area contributed by atoms with Gasteiger partial charge in [0.15, 0.2) is 0 Å². The maximum Gasteiger partial charge on any atom is 0.308 e. The first-order valence-corrected chi connectivity index (χ1v) is 8.88. The maximum atomic E-state index is 12.7. The summed E-state index contributed by atoms with van der Waals surface area (Å²) in [4.78, 5) is 39.5. The molecule has 0 aliphatic carbocycles. The van der Waals surface area contributed by atoms with E-state index in [1.165, 1.54) is 5.56 Å². The minimum Gasteiger partial charge on any atom is -0.481 e. The van der Waals surface area contributed by atoms with Crippen molar-refractivity contribution >= 4 is 17.8 Å². The molecule has 1 aromatic carbocycles. The molecule has 2 atom stereocenters. The lowest BCUT2D eigenvalue weighted by atomic mass is 9.96. The molecule has 3 rings (SSSR count). The average molecular weight is 344 g/mol. The Kier molecular flexibility index (Phi) is 5.36. The van der Waals surface area contributed by atoms with E-state index in [1.807, 2.05) is 30.3 Å². The number of carboxylic acid groups (broad SMARTS) is 1. The van der Waals surface area contributed by atoms with Crippen LogP contribution in [0.2, 0.25) is 0 Å². The predicted octanol–water partition coefficient (Wildman–Crippen LogP) is 1.40. The van der Waals surface area contributed by atoms with Gasteiger partial charge in [-0.05, 0) is 24.8 Å². The van der Waals surface area contributed by atoms with Crippen molar-refractivity contribution < 1.29 is 19.5 Å². The third-order valence-electron chi connectivity index (χ3n) is 5.16. The van der Waals surface area contributed by atoms with Crippen LogP contribution in [0.4, 0.5) is 0 Å². The third kappa shape index (κ3) is 4.18. The van der Waals surface area contributed by atoms with Gasteiger partial charge in [0.2, 0.25) is 11.8 Å². The predicted molar refractivity (Wildman–Crippen MR) is 91.8 cm³/mol. The molecule has 0 spiro atoms. The molecule has 1 aromatic rings. The van der Waals surface area contributed by atoms with Crippen molar-refractivity contribution in [3.8, 4) is 0 Å². The quantitative estimate of drug-likeness (QED) is 0.876. The van der Waals surface area contributed by atoms with Gasteiger partial charge in [0.05, 0.1) is 11.8 Å². The van der Waals surface area contributed by atoms with E-state index in [9.17, 15) is 14.4 Å². The Balaban J connectivity index is 1.54. The van der Waals surface area contributed by atoms with E-state index in [2.05, 4.69) is 0 Å². The molecule has 2 fully saturated rings. The van der Waals surface area contributed by atoms with E-state index >= 15 is 0 Å². The fraction of sp³-hybridized carbons (Fsp3) is 0.526. The molecule has 0 unspecified atom stereocenters. The zero-order valence-corrected chi connectivity index (χ0v) is 14.3. The number of aliphatic carboxylic acids is 1. The molecule has 25 heavy (non-hydrogen) atoms. The zero-order valence-electron chi connectivity index (χ0n) is 14.3. The van der Waals surface area contributed by atoms with Gasteiger partial charge in [0, 0.05) is 32.6 Å². The minimum atomic E-state index is -0.843. The number of carboxylic acids is 1. The van der Waals surface area contributed by atoms with Crippen molar-refractivity contribution in [2.75, 3.05) is 26.2 Å². The van der Waals surface area contributed by atoms with Gasteiger partial charge in [-0.2, -0.15) is 0 Å². The second-order valence-corrected chi connectivity index (χ2v) is 6.94. The number of piperidine rings is 1. The highest BCUT2D eigenvalue weighted by atomic mass is 16.4. The number of nitrogens with zero attached hydrogens (tertiary/aromatic N) is 2. The molecule has 6 heteroatoms. The SMILES string of the molecule is O=C(O)[C@@H]1CCCN(C(=O)[C@H]2CC(=O)N(CCc3ccccc3)C2)C1. The Morgan fingerprint density at radius 1 is 1.12 bits per heavy atom. The number of hydrogen-bond acceptors (Lipinski definition) is 3. The van der Waals surface area contributed by atoms with Gasteiger partial charge in [0.1, 0.15) is 0 Å². The van der Waals surface area contributed by atoms with Crippen molar-refractivity contribution in [3.63, 3.8) is 0 Å². The van der Waals surface area contributed by atoms with Crippen molar-refractivity contribution in [2.24, 2.45) is 11.8 Å². The Morgan fingerprint density at radius 3 is 2.60 bits per heavy atom. The van der Waals surface area contributed by atoms with Crippen LogP contribution in [0.5, 0.6) is 0 Å². The Morgan fingerprint density at radius 2 is 1.88 bits per heavy atom. The lowest BCUT2D eigenvalue weighted by molar-refractivity contribution is -0.146. The van der Waals surface area contributed by atoms with Crippen LogP contribution in [0.1, 0.15) is 24.8 Å². The molecule has 2 amide bonds. The van der Waals surface area contributed by atoms with Crippen LogP contribution in [0.15, 0.2) is 30.3 Å². The number of rotatable bonds is 5. The summed E-state index contributed by atoms with van der Waals surface area (Å²) in [6.45, 7) is 1.92. The molecular formula is C19H24N2O4. The molecule has 2 heterocycles. The molecule has 0 bridgehead atoms. The van der Waals surface area contributed by atoms with Gasteiger partial charge in [-0.25, -0.2) is 0 Å². The summed E-state index contributed by atoms with van der Waals surface area (Å²) in [7, 11) is 0. The first kappa shape index (κ1) is 17.5. The highest BCUT2D eigenvalue weighted by molar-refractivity contribution is 5.89. The van der Waals surface area contributed by atoms with Crippen LogP contribution < -0.4 is 0 Å². The van der Waals surface area contributed by atoms with E-state index < -0.39 is 11.9 Å². The van der Waals surface area contributed by atoms with Gasteiger partial charge in [-0.3, -0.25) is 14.4 Å². The van der Waals surface area contributed by atoms with Gasteiger partial charge in [-0.1, -0.05) is 30.3 Å². The molecular weight excluding hydrogens is 320 g/mol.